The number of rotatable bonds is 3. The first kappa shape index (κ1) is 12.6. The zero-order valence-electron chi connectivity index (χ0n) is 10.2. The van der Waals surface area contributed by atoms with Crippen LogP contribution in [0.1, 0.15) is 36.0 Å². The number of piperidine rings is 1. The van der Waals surface area contributed by atoms with Crippen LogP contribution in [0, 0.1) is 0 Å². The molecule has 0 bridgehead atoms. The van der Waals surface area contributed by atoms with E-state index in [-0.39, 0.29) is 5.78 Å². The van der Waals surface area contributed by atoms with E-state index in [0.29, 0.717) is 17.5 Å². The van der Waals surface area contributed by atoms with Crippen LogP contribution < -0.4 is 0 Å². The van der Waals surface area contributed by atoms with Crippen molar-refractivity contribution in [1.29, 1.82) is 0 Å². The number of benzene rings is 1. The summed E-state index contributed by atoms with van der Waals surface area (Å²) in [6, 6.07) is 7.59. The number of nitrogens with zero attached hydrogens (tertiary/aromatic N) is 1. The van der Waals surface area contributed by atoms with E-state index in [0.717, 1.165) is 18.5 Å². The highest BCUT2D eigenvalue weighted by Gasteiger charge is 2.22. The van der Waals surface area contributed by atoms with Crippen molar-refractivity contribution in [3.8, 4) is 0 Å². The smallest absolute Gasteiger partial charge is 0.164 e. The Morgan fingerprint density at radius 3 is 2.71 bits per heavy atom. The van der Waals surface area contributed by atoms with Gasteiger partial charge in [0.1, 0.15) is 0 Å². The Hall–Kier alpha value is -0.860. The highest BCUT2D eigenvalue weighted by atomic mass is 35.5. The Labute approximate surface area is 108 Å². The third-order valence-corrected chi connectivity index (χ3v) is 3.76. The van der Waals surface area contributed by atoms with Gasteiger partial charge in [-0.3, -0.25) is 4.79 Å². The van der Waals surface area contributed by atoms with Crippen molar-refractivity contribution >= 4 is 17.4 Å². The molecule has 3 heteroatoms. The number of hydrogen-bond acceptors (Lipinski definition) is 2. The lowest BCUT2D eigenvalue weighted by Crippen LogP contribution is -2.37. The molecule has 1 heterocycles. The fourth-order valence-corrected chi connectivity index (χ4v) is 2.50. The van der Waals surface area contributed by atoms with Crippen LogP contribution in [0.4, 0.5) is 0 Å². The number of Topliss-reactive ketones (excluding diaryl/α,β-unsaturated/α-hetero) is 1. The fourth-order valence-electron chi connectivity index (χ4n) is 2.37. The maximum absolute atomic E-state index is 12.1. The van der Waals surface area contributed by atoms with Gasteiger partial charge in [-0.15, -0.1) is 0 Å². The number of carbonyl (C=O) groups is 1. The van der Waals surface area contributed by atoms with E-state index >= 15 is 0 Å². The topological polar surface area (TPSA) is 20.3 Å². The lowest BCUT2D eigenvalue weighted by Gasteiger charge is -2.31. The molecule has 1 unspecified atom stereocenters. The Bertz CT molecular complexity index is 388. The standard InChI is InChI=1S/C14H18ClNO/c1-16-9-3-2-4-13(16)10-14(17)11-5-7-12(15)8-6-11/h5-8,13H,2-4,9-10H2,1H3. The summed E-state index contributed by atoms with van der Waals surface area (Å²) in [6.07, 6.45) is 4.25. The van der Waals surface area contributed by atoms with Gasteiger partial charge in [-0.05, 0) is 50.7 Å². The maximum atomic E-state index is 12.1. The van der Waals surface area contributed by atoms with Crippen LogP contribution in [-0.2, 0) is 0 Å². The van der Waals surface area contributed by atoms with Gasteiger partial charge < -0.3 is 4.90 Å². The molecule has 1 aliphatic heterocycles. The normalized spacial score (nSPS) is 21.4. The van der Waals surface area contributed by atoms with Gasteiger partial charge in [0.25, 0.3) is 0 Å². The molecule has 0 amide bonds. The Morgan fingerprint density at radius 1 is 1.35 bits per heavy atom. The van der Waals surface area contributed by atoms with E-state index in [9.17, 15) is 4.79 Å². The van der Waals surface area contributed by atoms with Gasteiger partial charge in [0.2, 0.25) is 0 Å². The predicted octanol–water partition coefficient (Wildman–Crippen LogP) is 3.40. The summed E-state index contributed by atoms with van der Waals surface area (Å²) in [4.78, 5) is 14.4. The molecule has 1 aromatic carbocycles. The first-order valence-corrected chi connectivity index (χ1v) is 6.53. The maximum Gasteiger partial charge on any atom is 0.164 e. The SMILES string of the molecule is CN1CCCCC1CC(=O)c1ccc(Cl)cc1. The Balaban J connectivity index is 1.98. The molecule has 1 aliphatic rings. The van der Waals surface area contributed by atoms with Crippen LogP contribution in [0.2, 0.25) is 5.02 Å². The van der Waals surface area contributed by atoms with E-state index in [2.05, 4.69) is 11.9 Å². The molecule has 0 aromatic heterocycles. The minimum absolute atomic E-state index is 0.223. The minimum Gasteiger partial charge on any atom is -0.303 e. The molecule has 2 nitrogen and oxygen atoms in total. The Morgan fingerprint density at radius 2 is 2.06 bits per heavy atom. The van der Waals surface area contributed by atoms with E-state index in [1.165, 1.54) is 12.8 Å². The number of ketones is 1. The average Bonchev–Trinajstić information content (AvgIpc) is 2.33. The van der Waals surface area contributed by atoms with Gasteiger partial charge in [-0.1, -0.05) is 18.0 Å². The molecule has 0 radical (unpaired) electrons. The summed E-state index contributed by atoms with van der Waals surface area (Å²) >= 11 is 5.81. The van der Waals surface area contributed by atoms with Crippen LogP contribution >= 0.6 is 11.6 Å². The van der Waals surface area contributed by atoms with Crippen LogP contribution in [-0.4, -0.2) is 30.3 Å². The molecule has 0 saturated carbocycles. The first-order chi connectivity index (χ1) is 8.16. The van der Waals surface area contributed by atoms with Crippen molar-refractivity contribution in [2.24, 2.45) is 0 Å². The third-order valence-electron chi connectivity index (χ3n) is 3.51. The second-order valence-electron chi connectivity index (χ2n) is 4.76. The number of hydrogen-bond donors (Lipinski definition) is 0. The molecule has 1 aromatic rings. The van der Waals surface area contributed by atoms with Crippen molar-refractivity contribution in [1.82, 2.24) is 4.90 Å². The summed E-state index contributed by atoms with van der Waals surface area (Å²) in [5.74, 6) is 0.223. The first-order valence-electron chi connectivity index (χ1n) is 6.16. The van der Waals surface area contributed by atoms with Crippen molar-refractivity contribution in [3.63, 3.8) is 0 Å². The average molecular weight is 252 g/mol. The Kier molecular flexibility index (Phi) is 4.19. The predicted molar refractivity (Wildman–Crippen MR) is 70.7 cm³/mol. The fraction of sp³-hybridized carbons (Fsp3) is 0.500. The van der Waals surface area contributed by atoms with Crippen LogP contribution in [0.15, 0.2) is 24.3 Å². The molecule has 1 atom stereocenters. The lowest BCUT2D eigenvalue weighted by atomic mass is 9.95. The van der Waals surface area contributed by atoms with E-state index in [1.807, 2.05) is 12.1 Å². The lowest BCUT2D eigenvalue weighted by molar-refractivity contribution is 0.0906. The van der Waals surface area contributed by atoms with Gasteiger partial charge in [0, 0.05) is 23.0 Å². The van der Waals surface area contributed by atoms with Crippen LogP contribution in [0.5, 0.6) is 0 Å². The number of likely N-dealkylation sites (tertiary alicyclic amines) is 1. The molecule has 0 spiro atoms. The number of halogens is 1. The molecular formula is C14H18ClNO. The van der Waals surface area contributed by atoms with Crippen LogP contribution in [0.25, 0.3) is 0 Å². The molecule has 2 rings (SSSR count). The molecule has 0 aliphatic carbocycles. The van der Waals surface area contributed by atoms with E-state index in [4.69, 9.17) is 11.6 Å². The largest absolute Gasteiger partial charge is 0.303 e. The molecule has 0 N–H and O–H groups in total. The molecule has 92 valence electrons. The zero-order valence-corrected chi connectivity index (χ0v) is 10.9. The third kappa shape index (κ3) is 3.30. The van der Waals surface area contributed by atoms with Gasteiger partial charge in [0.15, 0.2) is 5.78 Å². The van der Waals surface area contributed by atoms with E-state index in [1.54, 1.807) is 12.1 Å². The molecular weight excluding hydrogens is 234 g/mol. The van der Waals surface area contributed by atoms with Crippen LogP contribution in [0.3, 0.4) is 0 Å². The summed E-state index contributed by atoms with van der Waals surface area (Å²) in [5.41, 5.74) is 0.772. The van der Waals surface area contributed by atoms with Crippen molar-refractivity contribution in [2.45, 2.75) is 31.7 Å². The summed E-state index contributed by atoms with van der Waals surface area (Å²) in [6.45, 7) is 1.11. The van der Waals surface area contributed by atoms with Gasteiger partial charge in [-0.2, -0.15) is 0 Å². The van der Waals surface area contributed by atoms with Gasteiger partial charge >= 0.3 is 0 Å². The van der Waals surface area contributed by atoms with Crippen molar-refractivity contribution < 1.29 is 4.79 Å². The second kappa shape index (κ2) is 5.65. The van der Waals surface area contributed by atoms with Crippen molar-refractivity contribution in [3.05, 3.63) is 34.9 Å². The summed E-state index contributed by atoms with van der Waals surface area (Å²) in [7, 11) is 2.11. The van der Waals surface area contributed by atoms with Crippen molar-refractivity contribution in [2.75, 3.05) is 13.6 Å². The molecule has 1 fully saturated rings. The monoisotopic (exact) mass is 251 g/mol. The molecule has 1 saturated heterocycles. The number of carbonyl (C=O) groups excluding carboxylic acids is 1. The second-order valence-corrected chi connectivity index (χ2v) is 5.20. The highest BCUT2D eigenvalue weighted by molar-refractivity contribution is 6.30. The molecule has 17 heavy (non-hydrogen) atoms. The highest BCUT2D eigenvalue weighted by Crippen LogP contribution is 2.20. The van der Waals surface area contributed by atoms with Gasteiger partial charge in [0.05, 0.1) is 0 Å². The summed E-state index contributed by atoms with van der Waals surface area (Å²) < 4.78 is 0. The zero-order chi connectivity index (χ0) is 12.3. The van der Waals surface area contributed by atoms with Gasteiger partial charge in [-0.25, -0.2) is 0 Å². The quantitative estimate of drug-likeness (QED) is 0.768. The summed E-state index contributed by atoms with van der Waals surface area (Å²) in [5, 5.41) is 0.677. The van der Waals surface area contributed by atoms with E-state index < -0.39 is 0 Å². The minimum atomic E-state index is 0.223.